The molecule has 2 rings (SSSR count). The van der Waals surface area contributed by atoms with Crippen LogP contribution < -0.4 is 4.74 Å². The highest BCUT2D eigenvalue weighted by Crippen LogP contribution is 2.33. The van der Waals surface area contributed by atoms with E-state index in [4.69, 9.17) is 27.9 Å². The molecule has 2 aromatic rings. The minimum Gasteiger partial charge on any atom is -0.455 e. The van der Waals surface area contributed by atoms with Crippen LogP contribution in [0.15, 0.2) is 36.4 Å². The number of halogens is 3. The monoisotopic (exact) mass is 284 g/mol. The van der Waals surface area contributed by atoms with Gasteiger partial charge in [0.05, 0.1) is 10.6 Å². The van der Waals surface area contributed by atoms with E-state index in [9.17, 15) is 9.18 Å². The first-order chi connectivity index (χ1) is 8.61. The molecular formula is C13H7Cl2FO2. The van der Waals surface area contributed by atoms with Gasteiger partial charge in [0, 0.05) is 5.02 Å². The molecule has 0 unspecified atom stereocenters. The molecule has 0 fully saturated rings. The number of carbonyl (C=O) groups is 1. The van der Waals surface area contributed by atoms with E-state index in [2.05, 4.69) is 0 Å². The molecule has 5 heteroatoms. The summed E-state index contributed by atoms with van der Waals surface area (Å²) in [6, 6.07) is 8.74. The number of hydrogen-bond acceptors (Lipinski definition) is 2. The first kappa shape index (κ1) is 12.9. The second-order valence-electron chi connectivity index (χ2n) is 3.45. The molecule has 0 radical (unpaired) electrons. The molecule has 0 saturated heterocycles. The largest absolute Gasteiger partial charge is 0.455 e. The zero-order valence-corrected chi connectivity index (χ0v) is 10.5. The van der Waals surface area contributed by atoms with Crippen LogP contribution in [-0.4, -0.2) is 6.29 Å². The summed E-state index contributed by atoms with van der Waals surface area (Å²) in [5.41, 5.74) is -0.150. The quantitative estimate of drug-likeness (QED) is 0.761. The lowest BCUT2D eigenvalue weighted by Crippen LogP contribution is -1.94. The summed E-state index contributed by atoms with van der Waals surface area (Å²) in [6.45, 7) is 0. The van der Waals surface area contributed by atoms with Gasteiger partial charge in [0.15, 0.2) is 6.29 Å². The first-order valence-electron chi connectivity index (χ1n) is 4.98. The summed E-state index contributed by atoms with van der Waals surface area (Å²) in [5.74, 6) is -0.239. The van der Waals surface area contributed by atoms with Crippen molar-refractivity contribution in [1.82, 2.24) is 0 Å². The average Bonchev–Trinajstić information content (AvgIpc) is 2.33. The standard InChI is InChI=1S/C13H7Cl2FO2/c14-8-4-5-13(10(15)6-8)18-12-3-1-2-11(16)9(12)7-17/h1-7H. The van der Waals surface area contributed by atoms with Crippen molar-refractivity contribution in [1.29, 1.82) is 0 Å². The summed E-state index contributed by atoms with van der Waals surface area (Å²) < 4.78 is 18.8. The van der Waals surface area contributed by atoms with Crippen molar-refractivity contribution in [2.75, 3.05) is 0 Å². The Balaban J connectivity index is 2.40. The topological polar surface area (TPSA) is 26.3 Å². The van der Waals surface area contributed by atoms with Crippen molar-refractivity contribution in [2.24, 2.45) is 0 Å². The summed E-state index contributed by atoms with van der Waals surface area (Å²) >= 11 is 11.7. The molecule has 0 bridgehead atoms. The van der Waals surface area contributed by atoms with E-state index in [1.54, 1.807) is 12.1 Å². The van der Waals surface area contributed by atoms with Crippen LogP contribution >= 0.6 is 23.2 Å². The van der Waals surface area contributed by atoms with Crippen LogP contribution in [0.2, 0.25) is 10.0 Å². The normalized spacial score (nSPS) is 10.2. The van der Waals surface area contributed by atoms with E-state index in [0.29, 0.717) is 17.1 Å². The van der Waals surface area contributed by atoms with Crippen molar-refractivity contribution in [2.45, 2.75) is 0 Å². The fraction of sp³-hybridized carbons (Fsp3) is 0. The summed E-state index contributed by atoms with van der Waals surface area (Å²) in [7, 11) is 0. The average molecular weight is 285 g/mol. The van der Waals surface area contributed by atoms with Gasteiger partial charge in [-0.2, -0.15) is 0 Å². The van der Waals surface area contributed by atoms with Crippen molar-refractivity contribution in [3.63, 3.8) is 0 Å². The third-order valence-corrected chi connectivity index (χ3v) is 2.78. The Bertz CT molecular complexity index is 600. The summed E-state index contributed by atoms with van der Waals surface area (Å²) in [5, 5.41) is 0.741. The lowest BCUT2D eigenvalue weighted by molar-refractivity contribution is 0.111. The predicted octanol–water partition coefficient (Wildman–Crippen LogP) is 4.74. The van der Waals surface area contributed by atoms with Gasteiger partial charge in [-0.25, -0.2) is 4.39 Å². The molecule has 0 aliphatic carbocycles. The van der Waals surface area contributed by atoms with E-state index in [0.717, 1.165) is 0 Å². The SMILES string of the molecule is O=Cc1c(F)cccc1Oc1ccc(Cl)cc1Cl. The van der Waals surface area contributed by atoms with Crippen LogP contribution in [0, 0.1) is 5.82 Å². The maximum absolute atomic E-state index is 13.4. The van der Waals surface area contributed by atoms with Crippen LogP contribution in [0.25, 0.3) is 0 Å². The minimum atomic E-state index is -0.646. The molecule has 0 atom stereocenters. The molecule has 0 aliphatic heterocycles. The Morgan fingerprint density at radius 3 is 2.56 bits per heavy atom. The Morgan fingerprint density at radius 2 is 1.89 bits per heavy atom. The van der Waals surface area contributed by atoms with E-state index < -0.39 is 5.82 Å². The summed E-state index contributed by atoms with van der Waals surface area (Å²) in [4.78, 5) is 10.8. The first-order valence-corrected chi connectivity index (χ1v) is 5.74. The highest BCUT2D eigenvalue weighted by Gasteiger charge is 2.11. The summed E-state index contributed by atoms with van der Waals surface area (Å²) in [6.07, 6.45) is 0.397. The van der Waals surface area contributed by atoms with E-state index in [-0.39, 0.29) is 16.3 Å². The Labute approximate surface area is 113 Å². The Kier molecular flexibility index (Phi) is 3.84. The van der Waals surface area contributed by atoms with E-state index in [1.165, 1.54) is 24.3 Å². The molecular weight excluding hydrogens is 278 g/mol. The van der Waals surface area contributed by atoms with Gasteiger partial charge in [-0.3, -0.25) is 4.79 Å². The fourth-order valence-electron chi connectivity index (χ4n) is 1.40. The molecule has 0 N–H and O–H groups in total. The van der Waals surface area contributed by atoms with Crippen LogP contribution in [0.3, 0.4) is 0 Å². The number of rotatable bonds is 3. The van der Waals surface area contributed by atoms with Crippen molar-refractivity contribution < 1.29 is 13.9 Å². The van der Waals surface area contributed by atoms with Crippen LogP contribution in [-0.2, 0) is 0 Å². The maximum Gasteiger partial charge on any atom is 0.156 e. The molecule has 0 spiro atoms. The van der Waals surface area contributed by atoms with Crippen molar-refractivity contribution >= 4 is 29.5 Å². The molecule has 0 saturated carbocycles. The second kappa shape index (κ2) is 5.38. The van der Waals surface area contributed by atoms with Gasteiger partial charge in [0.1, 0.15) is 17.3 Å². The van der Waals surface area contributed by atoms with Crippen LogP contribution in [0.5, 0.6) is 11.5 Å². The number of benzene rings is 2. The Morgan fingerprint density at radius 1 is 1.11 bits per heavy atom. The zero-order valence-electron chi connectivity index (χ0n) is 8.99. The molecule has 2 nitrogen and oxygen atoms in total. The van der Waals surface area contributed by atoms with Crippen molar-refractivity contribution in [3.05, 3.63) is 57.8 Å². The maximum atomic E-state index is 13.4. The lowest BCUT2D eigenvalue weighted by atomic mass is 10.2. The van der Waals surface area contributed by atoms with Gasteiger partial charge in [0.2, 0.25) is 0 Å². The van der Waals surface area contributed by atoms with E-state index in [1.807, 2.05) is 0 Å². The molecule has 0 aliphatic rings. The zero-order chi connectivity index (χ0) is 13.1. The second-order valence-corrected chi connectivity index (χ2v) is 4.29. The lowest BCUT2D eigenvalue weighted by Gasteiger charge is -2.09. The van der Waals surface area contributed by atoms with Gasteiger partial charge in [0.25, 0.3) is 0 Å². The molecule has 92 valence electrons. The van der Waals surface area contributed by atoms with Gasteiger partial charge < -0.3 is 4.74 Å². The molecule has 18 heavy (non-hydrogen) atoms. The fourth-order valence-corrected chi connectivity index (χ4v) is 1.84. The molecule has 0 aromatic heterocycles. The third-order valence-electron chi connectivity index (χ3n) is 2.24. The van der Waals surface area contributed by atoms with Gasteiger partial charge in [-0.05, 0) is 30.3 Å². The smallest absolute Gasteiger partial charge is 0.156 e. The van der Waals surface area contributed by atoms with Gasteiger partial charge >= 0.3 is 0 Å². The number of ether oxygens (including phenoxy) is 1. The van der Waals surface area contributed by atoms with E-state index >= 15 is 0 Å². The van der Waals surface area contributed by atoms with Gasteiger partial charge in [-0.1, -0.05) is 29.3 Å². The molecule has 0 amide bonds. The van der Waals surface area contributed by atoms with Crippen molar-refractivity contribution in [3.8, 4) is 11.5 Å². The minimum absolute atomic E-state index is 0.106. The van der Waals surface area contributed by atoms with Crippen LogP contribution in [0.1, 0.15) is 10.4 Å². The highest BCUT2D eigenvalue weighted by molar-refractivity contribution is 6.35. The highest BCUT2D eigenvalue weighted by atomic mass is 35.5. The van der Waals surface area contributed by atoms with Crippen LogP contribution in [0.4, 0.5) is 4.39 Å². The third kappa shape index (κ3) is 2.63. The molecule has 0 heterocycles. The Hall–Kier alpha value is -1.58. The number of aldehydes is 1. The predicted molar refractivity (Wildman–Crippen MR) is 68.3 cm³/mol. The van der Waals surface area contributed by atoms with Gasteiger partial charge in [-0.15, -0.1) is 0 Å². The molecule has 2 aromatic carbocycles. The number of carbonyl (C=O) groups excluding carboxylic acids is 1. The number of hydrogen-bond donors (Lipinski definition) is 0.